The maximum absolute atomic E-state index is 12.8. The smallest absolute Gasteiger partial charge is 0.419 e. The van der Waals surface area contributed by atoms with E-state index in [1.54, 1.807) is 6.07 Å². The summed E-state index contributed by atoms with van der Waals surface area (Å²) in [6.07, 6.45) is -4.70. The lowest BCUT2D eigenvalue weighted by atomic mass is 10.2. The first-order chi connectivity index (χ1) is 7.45. The Bertz CT molecular complexity index is 408. The molecule has 0 bridgehead atoms. The second kappa shape index (κ2) is 4.84. The van der Waals surface area contributed by atoms with Crippen molar-refractivity contribution in [1.29, 1.82) is 5.26 Å². The lowest BCUT2D eigenvalue weighted by Gasteiger charge is -2.10. The van der Waals surface area contributed by atoms with Crippen LogP contribution in [0.5, 0.6) is 5.75 Å². The fourth-order valence-corrected chi connectivity index (χ4v) is 1.03. The average Bonchev–Trinajstić information content (AvgIpc) is 2.19. The average molecular weight is 233 g/mol. The summed E-state index contributed by atoms with van der Waals surface area (Å²) in [7, 11) is 0. The van der Waals surface area contributed by atoms with Crippen LogP contribution in [0.2, 0.25) is 0 Å². The number of nitrogens with zero attached hydrogens (tertiary/aromatic N) is 1. The van der Waals surface area contributed by atoms with E-state index in [0.717, 1.165) is 6.07 Å². The largest absolute Gasteiger partial charge is 0.493 e. The van der Waals surface area contributed by atoms with Crippen LogP contribution in [0.15, 0.2) is 18.2 Å². The molecule has 16 heavy (non-hydrogen) atoms. The van der Waals surface area contributed by atoms with Crippen LogP contribution in [0.25, 0.3) is 0 Å². The Morgan fingerprint density at radius 2 is 2.00 bits per heavy atom. The molecule has 0 saturated carbocycles. The van der Waals surface area contributed by atoms with Gasteiger partial charge in [-0.1, -0.05) is 0 Å². The predicted molar refractivity (Wildman–Crippen MR) is 47.1 cm³/mol. The van der Waals surface area contributed by atoms with Crippen molar-refractivity contribution in [2.45, 2.75) is 12.6 Å². The Morgan fingerprint density at radius 1 is 1.31 bits per heavy atom. The van der Waals surface area contributed by atoms with Crippen LogP contribution < -0.4 is 4.74 Å². The molecule has 0 atom stereocenters. The van der Waals surface area contributed by atoms with Crippen molar-refractivity contribution in [1.82, 2.24) is 0 Å². The first kappa shape index (κ1) is 12.3. The molecule has 6 heteroatoms. The maximum Gasteiger partial charge on any atom is 0.419 e. The van der Waals surface area contributed by atoms with Crippen LogP contribution in [0.3, 0.4) is 0 Å². The summed E-state index contributed by atoms with van der Waals surface area (Å²) in [5, 5.41) is 8.20. The van der Waals surface area contributed by atoms with E-state index in [2.05, 4.69) is 0 Å². The monoisotopic (exact) mass is 233 g/mol. The van der Waals surface area contributed by atoms with Crippen LogP contribution in [-0.2, 0) is 6.18 Å². The number of hydrogen-bond donors (Lipinski definition) is 0. The van der Waals surface area contributed by atoms with Gasteiger partial charge in [-0.3, -0.25) is 0 Å². The van der Waals surface area contributed by atoms with Gasteiger partial charge < -0.3 is 4.74 Å². The predicted octanol–water partition coefficient (Wildman–Crippen LogP) is 3.14. The maximum atomic E-state index is 12.8. The Labute approximate surface area is 89.1 Å². The van der Waals surface area contributed by atoms with E-state index in [-0.39, 0.29) is 18.8 Å². The van der Waals surface area contributed by atoms with Gasteiger partial charge in [-0.25, -0.2) is 4.39 Å². The molecule has 0 aliphatic rings. The Morgan fingerprint density at radius 3 is 2.56 bits per heavy atom. The molecule has 1 aromatic rings. The van der Waals surface area contributed by atoms with Gasteiger partial charge in [0.25, 0.3) is 0 Å². The summed E-state index contributed by atoms with van der Waals surface area (Å²) in [4.78, 5) is 0. The molecule has 0 aliphatic heterocycles. The second-order valence-electron chi connectivity index (χ2n) is 2.90. The highest BCUT2D eigenvalue weighted by atomic mass is 19.4. The molecular formula is C10H7F4NO. The minimum Gasteiger partial charge on any atom is -0.493 e. The van der Waals surface area contributed by atoms with Crippen molar-refractivity contribution >= 4 is 0 Å². The van der Waals surface area contributed by atoms with Crippen molar-refractivity contribution in [3.05, 3.63) is 29.6 Å². The summed E-state index contributed by atoms with van der Waals surface area (Å²) in [5.74, 6) is -1.45. The molecular weight excluding hydrogens is 226 g/mol. The Balaban J connectivity index is 2.87. The zero-order valence-corrected chi connectivity index (χ0v) is 8.01. The molecule has 0 fully saturated rings. The number of halogens is 4. The summed E-state index contributed by atoms with van der Waals surface area (Å²) in [6.45, 7) is -0.0283. The van der Waals surface area contributed by atoms with E-state index in [9.17, 15) is 17.6 Å². The van der Waals surface area contributed by atoms with Crippen molar-refractivity contribution in [3.63, 3.8) is 0 Å². The van der Waals surface area contributed by atoms with Gasteiger partial charge in [0.05, 0.1) is 18.1 Å². The third-order valence-corrected chi connectivity index (χ3v) is 1.73. The first-order valence-electron chi connectivity index (χ1n) is 4.31. The second-order valence-corrected chi connectivity index (χ2v) is 2.90. The van der Waals surface area contributed by atoms with Crippen molar-refractivity contribution in [3.8, 4) is 11.8 Å². The number of nitriles is 1. The minimum absolute atomic E-state index is 0.0283. The van der Waals surface area contributed by atoms with Gasteiger partial charge in [-0.2, -0.15) is 18.4 Å². The van der Waals surface area contributed by atoms with Crippen LogP contribution in [0.1, 0.15) is 12.0 Å². The highest BCUT2D eigenvalue weighted by Gasteiger charge is 2.34. The highest BCUT2D eigenvalue weighted by molar-refractivity contribution is 5.31. The van der Waals surface area contributed by atoms with Gasteiger partial charge in [0.15, 0.2) is 0 Å². The van der Waals surface area contributed by atoms with Crippen molar-refractivity contribution < 1.29 is 22.3 Å². The van der Waals surface area contributed by atoms with Crippen LogP contribution >= 0.6 is 0 Å². The van der Waals surface area contributed by atoms with Crippen molar-refractivity contribution in [2.75, 3.05) is 6.61 Å². The lowest BCUT2D eigenvalue weighted by molar-refractivity contribution is -0.140. The standard InChI is InChI=1S/C10H7F4NO/c11-9-3-2-7(16-5-1-4-15)6-8(9)10(12,13)14/h2-3,6H,1,5H2. The fourth-order valence-electron chi connectivity index (χ4n) is 1.03. The third-order valence-electron chi connectivity index (χ3n) is 1.73. The Hall–Kier alpha value is -1.77. The molecule has 1 rings (SSSR count). The quantitative estimate of drug-likeness (QED) is 0.593. The molecule has 0 aliphatic carbocycles. The zero-order valence-electron chi connectivity index (χ0n) is 8.01. The summed E-state index contributed by atoms with van der Waals surface area (Å²) in [6, 6.07) is 4.12. The molecule has 0 heterocycles. The molecule has 0 aromatic heterocycles. The van der Waals surface area contributed by atoms with Gasteiger partial charge in [0.2, 0.25) is 0 Å². The highest BCUT2D eigenvalue weighted by Crippen LogP contribution is 2.33. The van der Waals surface area contributed by atoms with E-state index in [1.165, 1.54) is 0 Å². The molecule has 1 aromatic carbocycles. The number of ether oxygens (including phenoxy) is 1. The number of alkyl halides is 3. The van der Waals surface area contributed by atoms with Crippen molar-refractivity contribution in [2.24, 2.45) is 0 Å². The zero-order chi connectivity index (χ0) is 12.2. The minimum atomic E-state index is -4.75. The van der Waals surface area contributed by atoms with E-state index in [0.29, 0.717) is 12.1 Å². The normalized spacial score (nSPS) is 10.9. The molecule has 86 valence electrons. The Kier molecular flexibility index (Phi) is 3.72. The van der Waals surface area contributed by atoms with Crippen LogP contribution in [0.4, 0.5) is 17.6 Å². The molecule has 0 radical (unpaired) electrons. The third kappa shape index (κ3) is 3.12. The summed E-state index contributed by atoms with van der Waals surface area (Å²) in [5.41, 5.74) is -1.37. The van der Waals surface area contributed by atoms with Gasteiger partial charge in [-0.05, 0) is 18.2 Å². The molecule has 0 amide bonds. The van der Waals surface area contributed by atoms with Gasteiger partial charge in [0.1, 0.15) is 18.2 Å². The van der Waals surface area contributed by atoms with Gasteiger partial charge >= 0.3 is 6.18 Å². The van der Waals surface area contributed by atoms with Gasteiger partial charge in [0, 0.05) is 0 Å². The fraction of sp³-hybridized carbons (Fsp3) is 0.300. The van der Waals surface area contributed by atoms with E-state index >= 15 is 0 Å². The van der Waals surface area contributed by atoms with E-state index < -0.39 is 17.6 Å². The number of rotatable bonds is 3. The van der Waals surface area contributed by atoms with Crippen LogP contribution in [0, 0.1) is 17.1 Å². The summed E-state index contributed by atoms with van der Waals surface area (Å²) >= 11 is 0. The van der Waals surface area contributed by atoms with E-state index in [1.807, 2.05) is 0 Å². The van der Waals surface area contributed by atoms with Gasteiger partial charge in [-0.15, -0.1) is 0 Å². The number of hydrogen-bond acceptors (Lipinski definition) is 2. The topological polar surface area (TPSA) is 33.0 Å². The SMILES string of the molecule is N#CCCOc1ccc(F)c(C(F)(F)F)c1. The molecule has 0 N–H and O–H groups in total. The van der Waals surface area contributed by atoms with E-state index in [4.69, 9.17) is 10.00 Å². The number of benzene rings is 1. The molecule has 0 unspecified atom stereocenters. The molecule has 2 nitrogen and oxygen atoms in total. The first-order valence-corrected chi connectivity index (χ1v) is 4.31. The molecule has 0 saturated heterocycles. The lowest BCUT2D eigenvalue weighted by Crippen LogP contribution is -2.08. The van der Waals surface area contributed by atoms with Crippen LogP contribution in [-0.4, -0.2) is 6.61 Å². The molecule has 0 spiro atoms. The summed E-state index contributed by atoms with van der Waals surface area (Å²) < 4.78 is 54.5.